The van der Waals surface area contributed by atoms with E-state index in [1.165, 1.54) is 64.2 Å². The van der Waals surface area contributed by atoms with Gasteiger partial charge in [-0.3, -0.25) is 0 Å². The number of hydrogen-bond acceptors (Lipinski definition) is 0. The predicted octanol–water partition coefficient (Wildman–Crippen LogP) is 26.7. The molecule has 13 rings (SSSR count). The second kappa shape index (κ2) is 29.9. The van der Waals surface area contributed by atoms with Gasteiger partial charge < -0.3 is 0 Å². The first kappa shape index (κ1) is 61.9. The molecule has 12 aliphatic carbocycles. The van der Waals surface area contributed by atoms with Crippen LogP contribution in [0.5, 0.6) is 0 Å². The predicted molar refractivity (Wildman–Crippen MR) is 365 cm³/mol. The van der Waals surface area contributed by atoms with E-state index >= 15 is 0 Å². The van der Waals surface area contributed by atoms with Crippen LogP contribution in [0.2, 0.25) is 0 Å². The Morgan fingerprint density at radius 3 is 1.12 bits per heavy atom. The molecule has 12 saturated carbocycles. The van der Waals surface area contributed by atoms with Gasteiger partial charge in [-0.05, 0) is 266 Å². The van der Waals surface area contributed by atoms with Crippen LogP contribution in [0, 0.1) is 134 Å². The van der Waals surface area contributed by atoms with E-state index in [2.05, 4.69) is 138 Å². The molecule has 2 unspecified atom stereocenters. The summed E-state index contributed by atoms with van der Waals surface area (Å²) < 4.78 is 55.9. The summed E-state index contributed by atoms with van der Waals surface area (Å²) in [7, 11) is 0. The van der Waals surface area contributed by atoms with E-state index < -0.39 is 6.37 Å². The van der Waals surface area contributed by atoms with Crippen LogP contribution in [-0.2, 0) is 5.41 Å². The molecule has 12 fully saturated rings. The first-order valence-corrected chi connectivity index (χ1v) is 35.5. The topological polar surface area (TPSA) is 0 Å². The van der Waals surface area contributed by atoms with Crippen molar-refractivity contribution in [2.24, 2.45) is 127 Å². The van der Waals surface area contributed by atoms with E-state index in [1.807, 2.05) is 41.5 Å². The first-order chi connectivity index (χ1) is 39.9. The van der Waals surface area contributed by atoms with Gasteiger partial charge in [0.25, 0.3) is 0 Å². The molecule has 0 N–H and O–H groups in total. The van der Waals surface area contributed by atoms with E-state index in [-0.39, 0.29) is 52.2 Å². The normalized spacial score (nSPS) is 35.4. The van der Waals surface area contributed by atoms with Crippen molar-refractivity contribution in [3.63, 3.8) is 0 Å². The van der Waals surface area contributed by atoms with Crippen molar-refractivity contribution in [2.45, 2.75) is 353 Å². The quantitative estimate of drug-likeness (QED) is 0.243. The van der Waals surface area contributed by atoms with Gasteiger partial charge in [-0.2, -0.15) is 0 Å². The Balaban J connectivity index is 0.000000222. The highest BCUT2D eigenvalue weighted by atomic mass is 14.6. The van der Waals surface area contributed by atoms with E-state index in [4.69, 9.17) is 9.60 Å². The van der Waals surface area contributed by atoms with Gasteiger partial charge in [0, 0.05) is 4.11 Å². The van der Waals surface area contributed by atoms with Gasteiger partial charge >= 0.3 is 0 Å². The Hall–Kier alpha value is -0.780. The minimum absolute atomic E-state index is 0.0703. The van der Waals surface area contributed by atoms with Crippen LogP contribution in [0.25, 0.3) is 0 Å². The molecule has 81 heavy (non-hydrogen) atoms. The SMILES string of the molecule is CC(C)(C)C12CC3CC(CC(C3)C1)C2.CC(C)(C)C1C2CC3CC(C2)CC1C3.CCC(C)(C)C.CCCC(CC)CC(C)(C)C.[2H]C([2H])(C(CC)CCC)C(C)(C)C.[2H]C1(C(C)(C)C)C2CC3CC(C2)CC1C3.[2H]c1c([2H])c([2H])c(C(C)(C)C)c(C)c1[2H]. The molecule has 1 aromatic carbocycles. The fraction of sp³-hybridized carbons (Fsp3) is 0.926. The van der Waals surface area contributed by atoms with Crippen molar-refractivity contribution < 1.29 is 9.60 Å². The number of hydrogen-bond donors (Lipinski definition) is 0. The van der Waals surface area contributed by atoms with Crippen LogP contribution in [0.15, 0.2) is 24.2 Å². The van der Waals surface area contributed by atoms with Gasteiger partial charge in [0.15, 0.2) is 0 Å². The molecule has 0 spiro atoms. The van der Waals surface area contributed by atoms with Gasteiger partial charge in [-0.25, -0.2) is 0 Å². The summed E-state index contributed by atoms with van der Waals surface area (Å²) in [6.07, 6.45) is 33.0. The third-order valence-corrected chi connectivity index (χ3v) is 22.4. The molecular formula is C81H150. The second-order valence-electron chi connectivity index (χ2n) is 37.6. The third-order valence-electron chi connectivity index (χ3n) is 22.4. The molecule has 2 atom stereocenters. The van der Waals surface area contributed by atoms with Crippen molar-refractivity contribution in [2.75, 3.05) is 0 Å². The zero-order valence-corrected chi connectivity index (χ0v) is 60.1. The Bertz CT molecular complexity index is 2150. The highest BCUT2D eigenvalue weighted by molar-refractivity contribution is 5.31. The van der Waals surface area contributed by atoms with Gasteiger partial charge in [0.1, 0.15) is 0 Å². The smallest absolute Gasteiger partial charge is 0.0626 e. The summed E-state index contributed by atoms with van der Waals surface area (Å²) in [6, 6.07) is -0.136. The molecule has 1 aromatic rings. The van der Waals surface area contributed by atoms with E-state index in [9.17, 15) is 0 Å². The van der Waals surface area contributed by atoms with Crippen molar-refractivity contribution in [1.82, 2.24) is 0 Å². The molecular weight excluding hydrogens is 973 g/mol. The maximum absolute atomic E-state index is 9.00. The lowest BCUT2D eigenvalue weighted by molar-refractivity contribution is -0.113. The van der Waals surface area contributed by atoms with Gasteiger partial charge in [0.05, 0.1) is 5.48 Å². The molecule has 0 nitrogen and oxygen atoms in total. The maximum Gasteiger partial charge on any atom is 0.0626 e. The number of rotatable bonds is 8. The standard InChI is InChI=1S/3C14H24.C11H16.2C11H24.C6H14/c1-13(2,3)14-7-10-4-11(8-14)6-12(5-10)9-14;2*1-14(2,3)13-11-5-9-4-10(7-11)8-12(13)6-9;1-9-7-5-6-8-10(9)11(2,3)4;2*1-6-8-10(7-2)9-11(3,4)5;1-5-6(2,3)4/h10-12H,4-9H2,1-3H3;2*9-13H,4-8H2,1-3H3;5-8H,1-4H3;2*10H,6-9H2,1-5H3;5H2,1-4H3/i;13D;;5D,6D,7D,8D;9D2;;. The lowest BCUT2D eigenvalue weighted by Gasteiger charge is -2.62. The highest BCUT2D eigenvalue weighted by Crippen LogP contribution is 2.66. The van der Waals surface area contributed by atoms with Crippen molar-refractivity contribution >= 4 is 0 Å². The Labute approximate surface area is 522 Å². The van der Waals surface area contributed by atoms with Crippen LogP contribution < -0.4 is 0 Å². The molecule has 0 heterocycles. The molecule has 0 heteroatoms. The van der Waals surface area contributed by atoms with Crippen LogP contribution in [0.3, 0.4) is 0 Å². The zero-order chi connectivity index (χ0) is 67.5. The molecule has 12 aliphatic rings. The summed E-state index contributed by atoms with van der Waals surface area (Å²) in [5.41, 5.74) is 3.95. The lowest BCUT2D eigenvalue weighted by Crippen LogP contribution is -2.51. The highest BCUT2D eigenvalue weighted by Gasteiger charge is 2.56. The largest absolute Gasteiger partial charge is 0.0654 e. The van der Waals surface area contributed by atoms with Crippen LogP contribution in [-0.4, -0.2) is 0 Å². The van der Waals surface area contributed by atoms with Gasteiger partial charge in [0.2, 0.25) is 0 Å². The average Bonchev–Trinajstić information content (AvgIpc) is 0.760. The van der Waals surface area contributed by atoms with Crippen molar-refractivity contribution in [1.29, 1.82) is 0 Å². The van der Waals surface area contributed by atoms with Crippen LogP contribution in [0.4, 0.5) is 0 Å². The fourth-order valence-electron chi connectivity index (χ4n) is 19.5. The van der Waals surface area contributed by atoms with E-state index in [0.717, 1.165) is 89.8 Å². The lowest BCUT2D eigenvalue weighted by atomic mass is 9.43. The van der Waals surface area contributed by atoms with Crippen LogP contribution in [0.1, 0.15) is 361 Å². The zero-order valence-electron chi connectivity index (χ0n) is 67.1. The average molecular weight is 1130 g/mol. The molecule has 474 valence electrons. The van der Waals surface area contributed by atoms with Gasteiger partial charge in [-0.1, -0.05) is 249 Å². The summed E-state index contributed by atoms with van der Waals surface area (Å²) in [5, 5.41) is 0. The molecule has 0 aromatic heterocycles. The van der Waals surface area contributed by atoms with Gasteiger partial charge in [-0.15, -0.1) is 0 Å². The minimum Gasteiger partial charge on any atom is -0.0654 e. The maximum atomic E-state index is 9.00. The first-order valence-electron chi connectivity index (χ1n) is 39.0. The Kier molecular flexibility index (Phi) is 22.9. The summed E-state index contributed by atoms with van der Waals surface area (Å²) in [6.45, 7) is 60.1. The number of benzene rings is 1. The monoisotopic (exact) mass is 1130 g/mol. The second-order valence-corrected chi connectivity index (χ2v) is 37.6. The van der Waals surface area contributed by atoms with Crippen molar-refractivity contribution in [3.8, 4) is 0 Å². The summed E-state index contributed by atoms with van der Waals surface area (Å²) >= 11 is 0. The summed E-state index contributed by atoms with van der Waals surface area (Å²) in [4.78, 5) is 0. The van der Waals surface area contributed by atoms with E-state index in [0.29, 0.717) is 44.6 Å². The van der Waals surface area contributed by atoms with E-state index in [1.54, 1.807) is 77.6 Å². The fourth-order valence-corrected chi connectivity index (χ4v) is 19.5. The van der Waals surface area contributed by atoms with Crippen LogP contribution >= 0.6 is 0 Å². The minimum atomic E-state index is -1.04. The molecule has 12 bridgehead atoms. The Morgan fingerprint density at radius 1 is 0.469 bits per heavy atom. The Morgan fingerprint density at radius 2 is 0.827 bits per heavy atom. The molecule has 0 saturated heterocycles. The summed E-state index contributed by atoms with van der Waals surface area (Å²) in [5.74, 6) is 13.3. The van der Waals surface area contributed by atoms with Crippen molar-refractivity contribution in [3.05, 3.63) is 35.3 Å². The molecule has 0 radical (unpaired) electrons. The third kappa shape index (κ3) is 23.0. The molecule has 0 aliphatic heterocycles. The molecule has 0 amide bonds.